The van der Waals surface area contributed by atoms with Crippen LogP contribution in [0.5, 0.6) is 0 Å². The molecule has 10 nitrogen and oxygen atoms in total. The summed E-state index contributed by atoms with van der Waals surface area (Å²) in [5, 5.41) is 19.7. The van der Waals surface area contributed by atoms with Crippen LogP contribution in [-0.2, 0) is 11.3 Å². The number of nitrogens with one attached hydrogen (secondary N) is 1. The van der Waals surface area contributed by atoms with Gasteiger partial charge in [-0.1, -0.05) is 12.1 Å². The van der Waals surface area contributed by atoms with Gasteiger partial charge in [0.05, 0.1) is 5.69 Å². The molecule has 4 aromatic heterocycles. The molecular weight excluding hydrogens is 408 g/mol. The van der Waals surface area contributed by atoms with E-state index in [4.69, 9.17) is 0 Å². The predicted octanol–water partition coefficient (Wildman–Crippen LogP) is 2.05. The lowest BCUT2D eigenvalue weighted by atomic mass is 10.1. The van der Waals surface area contributed by atoms with E-state index >= 15 is 0 Å². The number of pyridine rings is 1. The van der Waals surface area contributed by atoms with Crippen molar-refractivity contribution < 1.29 is 4.79 Å². The molecule has 0 bridgehead atoms. The van der Waals surface area contributed by atoms with Gasteiger partial charge in [-0.05, 0) is 42.5 Å². The number of fused-ring (bicyclic) bond motifs is 1. The third-order valence-corrected chi connectivity index (χ3v) is 4.74. The van der Waals surface area contributed by atoms with Gasteiger partial charge in [0.1, 0.15) is 6.54 Å². The Morgan fingerprint density at radius 2 is 1.69 bits per heavy atom. The number of anilines is 1. The molecule has 10 heteroatoms. The van der Waals surface area contributed by atoms with Crippen molar-refractivity contribution in [1.82, 2.24) is 34.6 Å². The van der Waals surface area contributed by atoms with Gasteiger partial charge in [-0.2, -0.15) is 14.7 Å². The molecule has 0 aliphatic heterocycles. The molecule has 0 spiro atoms. The normalized spacial score (nSPS) is 10.9. The van der Waals surface area contributed by atoms with E-state index in [0.29, 0.717) is 17.2 Å². The minimum absolute atomic E-state index is 0.162. The molecule has 4 heterocycles. The first-order chi connectivity index (χ1) is 15.7. The van der Waals surface area contributed by atoms with E-state index in [1.54, 1.807) is 29.0 Å². The van der Waals surface area contributed by atoms with Gasteiger partial charge in [0, 0.05) is 41.5 Å². The quantitative estimate of drug-likeness (QED) is 0.458. The molecule has 5 aromatic rings. The maximum Gasteiger partial charge on any atom is 0.267 e. The molecule has 32 heavy (non-hydrogen) atoms. The van der Waals surface area contributed by atoms with E-state index in [1.807, 2.05) is 36.4 Å². The SMILES string of the molecule is O=C(Cn1ncccc1=O)Nc1ccc(-c2ccc3nnc(-c4ccncc4)n3n2)cc1. The van der Waals surface area contributed by atoms with Crippen molar-refractivity contribution in [3.63, 3.8) is 0 Å². The molecule has 0 saturated carbocycles. The fraction of sp³-hybridized carbons (Fsp3) is 0.0455. The maximum absolute atomic E-state index is 12.2. The molecule has 0 saturated heterocycles. The average molecular weight is 424 g/mol. The van der Waals surface area contributed by atoms with Gasteiger partial charge in [0.15, 0.2) is 11.5 Å². The summed E-state index contributed by atoms with van der Waals surface area (Å²) in [6, 6.07) is 17.5. The Morgan fingerprint density at radius 3 is 2.47 bits per heavy atom. The highest BCUT2D eigenvalue weighted by atomic mass is 16.2. The Kier molecular flexibility index (Phi) is 4.92. The predicted molar refractivity (Wildman–Crippen MR) is 117 cm³/mol. The smallest absolute Gasteiger partial charge is 0.267 e. The zero-order valence-corrected chi connectivity index (χ0v) is 16.7. The monoisotopic (exact) mass is 424 g/mol. The number of amides is 1. The molecule has 5 rings (SSSR count). The van der Waals surface area contributed by atoms with E-state index < -0.39 is 0 Å². The van der Waals surface area contributed by atoms with Crippen LogP contribution in [0, 0.1) is 0 Å². The molecule has 0 fully saturated rings. The molecule has 1 amide bonds. The Bertz CT molecular complexity index is 1460. The third kappa shape index (κ3) is 3.84. The van der Waals surface area contributed by atoms with Crippen molar-refractivity contribution in [2.45, 2.75) is 6.54 Å². The highest BCUT2D eigenvalue weighted by Gasteiger charge is 2.11. The van der Waals surface area contributed by atoms with Gasteiger partial charge in [-0.25, -0.2) is 4.68 Å². The van der Waals surface area contributed by atoms with Gasteiger partial charge in [0.2, 0.25) is 5.91 Å². The first-order valence-electron chi connectivity index (χ1n) is 9.73. The van der Waals surface area contributed by atoms with Gasteiger partial charge >= 0.3 is 0 Å². The number of aromatic nitrogens is 7. The lowest BCUT2D eigenvalue weighted by molar-refractivity contribution is -0.117. The summed E-state index contributed by atoms with van der Waals surface area (Å²) in [6.45, 7) is -0.162. The molecular formula is C22H16N8O2. The molecule has 0 unspecified atom stereocenters. The molecule has 0 aliphatic carbocycles. The van der Waals surface area contributed by atoms with Gasteiger partial charge < -0.3 is 5.32 Å². The lowest BCUT2D eigenvalue weighted by Gasteiger charge is -2.08. The first kappa shape index (κ1) is 19.2. The largest absolute Gasteiger partial charge is 0.324 e. The van der Waals surface area contributed by atoms with Crippen LogP contribution in [-0.4, -0.2) is 40.5 Å². The second-order valence-electron chi connectivity index (χ2n) is 6.89. The van der Waals surface area contributed by atoms with Crippen molar-refractivity contribution in [2.75, 3.05) is 5.32 Å². The molecule has 156 valence electrons. The van der Waals surface area contributed by atoms with Crippen LogP contribution >= 0.6 is 0 Å². The summed E-state index contributed by atoms with van der Waals surface area (Å²) in [6.07, 6.45) is 4.85. The number of hydrogen-bond acceptors (Lipinski definition) is 7. The maximum atomic E-state index is 12.2. The Labute approximate surface area is 181 Å². The standard InChI is InChI=1S/C22H16N8O2/c31-20(14-29-21(32)2-1-11-24-29)25-17-5-3-15(4-6-17)18-7-8-19-26-27-22(30(19)28-18)16-9-12-23-13-10-16/h1-13H,14H2,(H,25,31). The number of benzene rings is 1. The van der Waals surface area contributed by atoms with Crippen molar-refractivity contribution >= 4 is 17.2 Å². The van der Waals surface area contributed by atoms with Crippen LogP contribution in [0.3, 0.4) is 0 Å². The minimum atomic E-state index is -0.343. The van der Waals surface area contributed by atoms with Crippen LogP contribution in [0.4, 0.5) is 5.69 Å². The van der Waals surface area contributed by atoms with E-state index in [1.165, 1.54) is 18.3 Å². The molecule has 1 N–H and O–H groups in total. The number of carbonyl (C=O) groups excluding carboxylic acids is 1. The zero-order chi connectivity index (χ0) is 21.9. The number of carbonyl (C=O) groups is 1. The van der Waals surface area contributed by atoms with Crippen LogP contribution in [0.25, 0.3) is 28.3 Å². The van der Waals surface area contributed by atoms with Crippen molar-refractivity contribution in [1.29, 1.82) is 0 Å². The molecule has 1 aromatic carbocycles. The summed E-state index contributed by atoms with van der Waals surface area (Å²) in [5.41, 5.74) is 3.35. The second kappa shape index (κ2) is 8.19. The zero-order valence-electron chi connectivity index (χ0n) is 16.7. The highest BCUT2D eigenvalue weighted by molar-refractivity contribution is 5.90. The topological polar surface area (TPSA) is 120 Å². The molecule has 0 radical (unpaired) electrons. The van der Waals surface area contributed by atoms with Gasteiger partial charge in [-0.3, -0.25) is 14.6 Å². The van der Waals surface area contributed by atoms with Crippen molar-refractivity contribution in [3.8, 4) is 22.6 Å². The lowest BCUT2D eigenvalue weighted by Crippen LogP contribution is -2.28. The van der Waals surface area contributed by atoms with Crippen LogP contribution in [0.1, 0.15) is 0 Å². The van der Waals surface area contributed by atoms with E-state index in [9.17, 15) is 9.59 Å². The van der Waals surface area contributed by atoms with Crippen molar-refractivity contribution in [2.24, 2.45) is 0 Å². The summed E-state index contributed by atoms with van der Waals surface area (Å²) in [4.78, 5) is 28.0. The minimum Gasteiger partial charge on any atom is -0.324 e. The van der Waals surface area contributed by atoms with Crippen molar-refractivity contribution in [3.05, 3.63) is 89.6 Å². The van der Waals surface area contributed by atoms with E-state index in [2.05, 4.69) is 30.7 Å². The summed E-state index contributed by atoms with van der Waals surface area (Å²) in [5.74, 6) is 0.280. The summed E-state index contributed by atoms with van der Waals surface area (Å²) in [7, 11) is 0. The molecule has 0 atom stereocenters. The number of hydrogen-bond donors (Lipinski definition) is 1. The highest BCUT2D eigenvalue weighted by Crippen LogP contribution is 2.22. The average Bonchev–Trinajstić information content (AvgIpc) is 3.25. The first-order valence-corrected chi connectivity index (χ1v) is 9.73. The molecule has 0 aliphatic rings. The third-order valence-electron chi connectivity index (χ3n) is 4.74. The summed E-state index contributed by atoms with van der Waals surface area (Å²) < 4.78 is 2.79. The second-order valence-corrected chi connectivity index (χ2v) is 6.89. The van der Waals surface area contributed by atoms with Crippen LogP contribution < -0.4 is 10.9 Å². The van der Waals surface area contributed by atoms with Crippen LogP contribution in [0.2, 0.25) is 0 Å². The fourth-order valence-electron chi connectivity index (χ4n) is 3.19. The number of rotatable bonds is 5. The Balaban J connectivity index is 1.36. The Morgan fingerprint density at radius 1 is 0.875 bits per heavy atom. The fourth-order valence-corrected chi connectivity index (χ4v) is 3.19. The van der Waals surface area contributed by atoms with E-state index in [-0.39, 0.29) is 18.0 Å². The summed E-state index contributed by atoms with van der Waals surface area (Å²) >= 11 is 0. The van der Waals surface area contributed by atoms with Gasteiger partial charge in [-0.15, -0.1) is 10.2 Å². The van der Waals surface area contributed by atoms with Gasteiger partial charge in [0.25, 0.3) is 5.56 Å². The van der Waals surface area contributed by atoms with E-state index in [0.717, 1.165) is 21.5 Å². The van der Waals surface area contributed by atoms with Crippen LogP contribution in [0.15, 0.2) is 84.0 Å². The number of nitrogens with zero attached hydrogens (tertiary/aromatic N) is 7. The Hall–Kier alpha value is -4.73.